The van der Waals surface area contributed by atoms with Crippen molar-refractivity contribution in [2.24, 2.45) is 11.8 Å². The lowest BCUT2D eigenvalue weighted by Crippen LogP contribution is -2.36. The van der Waals surface area contributed by atoms with Crippen molar-refractivity contribution in [2.75, 3.05) is 10.6 Å². The number of hydrogen-bond donors (Lipinski definition) is 3. The van der Waals surface area contributed by atoms with E-state index in [2.05, 4.69) is 20.8 Å². The summed E-state index contributed by atoms with van der Waals surface area (Å²) in [5.74, 6) is -2.34. The summed E-state index contributed by atoms with van der Waals surface area (Å²) in [6.45, 7) is 3.38. The van der Waals surface area contributed by atoms with Crippen LogP contribution in [0.5, 0.6) is 0 Å². The minimum Gasteiger partial charge on any atom is -0.481 e. The van der Waals surface area contributed by atoms with Gasteiger partial charge in [0.15, 0.2) is 0 Å². The van der Waals surface area contributed by atoms with Gasteiger partial charge in [0.2, 0.25) is 11.7 Å². The first kappa shape index (κ1) is 26.2. The molecule has 1 aliphatic rings. The molecular weight excluding hydrogens is 500 g/mol. The van der Waals surface area contributed by atoms with Crippen LogP contribution in [0.3, 0.4) is 0 Å². The van der Waals surface area contributed by atoms with Gasteiger partial charge in [-0.05, 0) is 44.9 Å². The number of nitrogens with zero attached hydrogens (tertiary/aromatic N) is 2. The SMILES string of the molecule is Cc1noc(-c2ccc(NC(=O)[C@H]3CCCC[C@@H]3C(=O)O)cn2)c1NC(=O)OC(C)c1ccccc1Cl. The van der Waals surface area contributed by atoms with E-state index in [0.717, 1.165) is 12.8 Å². The van der Waals surface area contributed by atoms with Crippen LogP contribution in [-0.4, -0.2) is 33.2 Å². The third-order valence-electron chi connectivity index (χ3n) is 6.40. The summed E-state index contributed by atoms with van der Waals surface area (Å²) in [5.41, 5.74) is 2.18. The van der Waals surface area contributed by atoms with Gasteiger partial charge in [0.25, 0.3) is 0 Å². The number of aliphatic carboxylic acids is 1. The Morgan fingerprint density at radius 3 is 2.51 bits per heavy atom. The monoisotopic (exact) mass is 526 g/mol. The highest BCUT2D eigenvalue weighted by Gasteiger charge is 2.35. The number of benzene rings is 1. The molecule has 1 aromatic carbocycles. The first-order chi connectivity index (χ1) is 17.7. The minimum absolute atomic E-state index is 0.218. The topological polar surface area (TPSA) is 144 Å². The zero-order valence-electron chi connectivity index (χ0n) is 20.4. The Balaban J connectivity index is 1.43. The van der Waals surface area contributed by atoms with Crippen LogP contribution in [0, 0.1) is 18.8 Å². The molecular formula is C26H27ClN4O6. The maximum absolute atomic E-state index is 12.7. The van der Waals surface area contributed by atoms with E-state index in [1.807, 2.05) is 0 Å². The molecule has 3 N–H and O–H groups in total. The fraction of sp³-hybridized carbons (Fsp3) is 0.346. The number of aryl methyl sites for hydroxylation is 1. The molecule has 4 rings (SSSR count). The Hall–Kier alpha value is -3.92. The number of anilines is 2. The smallest absolute Gasteiger partial charge is 0.412 e. The highest BCUT2D eigenvalue weighted by Crippen LogP contribution is 2.33. The fourth-order valence-corrected chi connectivity index (χ4v) is 4.72. The molecule has 2 aromatic heterocycles. The summed E-state index contributed by atoms with van der Waals surface area (Å²) in [7, 11) is 0. The van der Waals surface area contributed by atoms with Gasteiger partial charge in [-0.25, -0.2) is 4.79 Å². The van der Waals surface area contributed by atoms with Gasteiger partial charge in [-0.3, -0.25) is 19.9 Å². The number of ether oxygens (including phenoxy) is 1. The molecule has 1 unspecified atom stereocenters. The summed E-state index contributed by atoms with van der Waals surface area (Å²) in [4.78, 5) is 41.2. The van der Waals surface area contributed by atoms with E-state index in [1.54, 1.807) is 50.2 Å². The third kappa shape index (κ3) is 6.08. The molecule has 3 aromatic rings. The summed E-state index contributed by atoms with van der Waals surface area (Å²) in [5, 5.41) is 19.3. The van der Waals surface area contributed by atoms with Gasteiger partial charge in [-0.1, -0.05) is 47.8 Å². The molecule has 2 amide bonds. The first-order valence-electron chi connectivity index (χ1n) is 11.9. The molecule has 10 nitrogen and oxygen atoms in total. The van der Waals surface area contributed by atoms with E-state index in [1.165, 1.54) is 6.20 Å². The zero-order valence-corrected chi connectivity index (χ0v) is 21.1. The molecule has 11 heteroatoms. The predicted molar refractivity (Wildman–Crippen MR) is 136 cm³/mol. The van der Waals surface area contributed by atoms with Crippen LogP contribution in [0.4, 0.5) is 16.2 Å². The van der Waals surface area contributed by atoms with Crippen molar-refractivity contribution in [1.29, 1.82) is 0 Å². The van der Waals surface area contributed by atoms with Crippen molar-refractivity contribution in [3.05, 3.63) is 58.9 Å². The van der Waals surface area contributed by atoms with Crippen LogP contribution >= 0.6 is 11.6 Å². The van der Waals surface area contributed by atoms with Gasteiger partial charge < -0.3 is 19.7 Å². The second-order valence-electron chi connectivity index (χ2n) is 8.92. The van der Waals surface area contributed by atoms with Gasteiger partial charge in [-0.15, -0.1) is 0 Å². The highest BCUT2D eigenvalue weighted by atomic mass is 35.5. The minimum atomic E-state index is -0.950. The predicted octanol–water partition coefficient (Wildman–Crippen LogP) is 5.84. The van der Waals surface area contributed by atoms with Crippen LogP contribution in [0.15, 0.2) is 47.1 Å². The number of pyridine rings is 1. The number of carboxylic acid groups (broad SMARTS) is 1. The molecule has 1 aliphatic carbocycles. The van der Waals surface area contributed by atoms with Crippen LogP contribution < -0.4 is 10.6 Å². The van der Waals surface area contributed by atoms with E-state index >= 15 is 0 Å². The second-order valence-corrected chi connectivity index (χ2v) is 9.33. The number of rotatable bonds is 7. The van der Waals surface area contributed by atoms with E-state index in [9.17, 15) is 19.5 Å². The zero-order chi connectivity index (χ0) is 26.5. The van der Waals surface area contributed by atoms with E-state index in [-0.39, 0.29) is 11.7 Å². The number of carbonyl (C=O) groups excluding carboxylic acids is 2. The molecule has 0 spiro atoms. The first-order valence-corrected chi connectivity index (χ1v) is 12.3. The van der Waals surface area contributed by atoms with Gasteiger partial charge in [0.05, 0.1) is 23.7 Å². The Morgan fingerprint density at radius 2 is 1.84 bits per heavy atom. The van der Waals surface area contributed by atoms with Crippen LogP contribution in [0.2, 0.25) is 5.02 Å². The number of carboxylic acids is 1. The maximum atomic E-state index is 12.7. The van der Waals surface area contributed by atoms with Crippen LogP contribution in [0.1, 0.15) is 50.0 Å². The number of hydrogen-bond acceptors (Lipinski definition) is 7. The molecule has 0 bridgehead atoms. The molecule has 1 fully saturated rings. The van der Waals surface area contributed by atoms with Crippen molar-refractivity contribution >= 4 is 40.9 Å². The number of halogens is 1. The standard InChI is InChI=1S/C26H27ClN4O6/c1-14-22(30-26(35)36-15(2)17-7-5-6-10-20(17)27)23(37-31-14)21-12-11-16(13-28-21)29-24(32)18-8-3-4-9-19(18)25(33)34/h5-7,10-13,15,18-19H,3-4,8-9H2,1-2H3,(H,29,32)(H,30,35)(H,33,34)/t15?,18-,19-/m0/s1. The average Bonchev–Trinajstić information content (AvgIpc) is 3.24. The maximum Gasteiger partial charge on any atom is 0.412 e. The van der Waals surface area contributed by atoms with Crippen LogP contribution in [0.25, 0.3) is 11.5 Å². The molecule has 2 heterocycles. The second kappa shape index (κ2) is 11.4. The van der Waals surface area contributed by atoms with E-state index in [0.29, 0.717) is 46.2 Å². The summed E-state index contributed by atoms with van der Waals surface area (Å²) in [6, 6.07) is 10.3. The lowest BCUT2D eigenvalue weighted by molar-refractivity contribution is -0.147. The number of amides is 2. The van der Waals surface area contributed by atoms with Gasteiger partial charge in [-0.2, -0.15) is 0 Å². The van der Waals surface area contributed by atoms with Crippen molar-refractivity contribution in [1.82, 2.24) is 10.1 Å². The molecule has 3 atom stereocenters. The molecule has 37 heavy (non-hydrogen) atoms. The normalized spacial score (nSPS) is 18.0. The lowest BCUT2D eigenvalue weighted by Gasteiger charge is -2.27. The Morgan fingerprint density at radius 1 is 1.11 bits per heavy atom. The Bertz CT molecular complexity index is 1290. The number of carbonyl (C=O) groups is 3. The summed E-state index contributed by atoms with van der Waals surface area (Å²) < 4.78 is 10.9. The van der Waals surface area contributed by atoms with Crippen LogP contribution in [-0.2, 0) is 14.3 Å². The van der Waals surface area contributed by atoms with E-state index in [4.69, 9.17) is 20.9 Å². The van der Waals surface area contributed by atoms with Gasteiger partial charge >= 0.3 is 12.1 Å². The largest absolute Gasteiger partial charge is 0.481 e. The van der Waals surface area contributed by atoms with Crippen molar-refractivity contribution in [3.63, 3.8) is 0 Å². The molecule has 0 radical (unpaired) electrons. The highest BCUT2D eigenvalue weighted by molar-refractivity contribution is 6.31. The quantitative estimate of drug-likeness (QED) is 0.348. The Kier molecular flexibility index (Phi) is 8.08. The van der Waals surface area contributed by atoms with Gasteiger partial charge in [0.1, 0.15) is 23.2 Å². The number of aromatic nitrogens is 2. The molecule has 194 valence electrons. The Labute approximate surface area is 218 Å². The van der Waals surface area contributed by atoms with Crippen molar-refractivity contribution in [2.45, 2.75) is 45.6 Å². The molecule has 0 saturated heterocycles. The summed E-state index contributed by atoms with van der Waals surface area (Å²) in [6.07, 6.45) is 2.77. The molecule has 0 aliphatic heterocycles. The average molecular weight is 527 g/mol. The van der Waals surface area contributed by atoms with E-state index < -0.39 is 30.0 Å². The van der Waals surface area contributed by atoms with Crippen molar-refractivity contribution < 1.29 is 28.8 Å². The van der Waals surface area contributed by atoms with Gasteiger partial charge in [0, 0.05) is 10.6 Å². The van der Waals surface area contributed by atoms with Crippen molar-refractivity contribution in [3.8, 4) is 11.5 Å². The fourth-order valence-electron chi connectivity index (χ4n) is 4.43. The summed E-state index contributed by atoms with van der Waals surface area (Å²) >= 11 is 6.19. The third-order valence-corrected chi connectivity index (χ3v) is 6.74. The number of nitrogens with one attached hydrogen (secondary N) is 2. The molecule has 1 saturated carbocycles. The lowest BCUT2D eigenvalue weighted by atomic mass is 9.78.